The van der Waals surface area contributed by atoms with Crippen molar-refractivity contribution in [3.8, 4) is 5.69 Å². The number of carbonyl (C=O) groups excluding carboxylic acids is 2. The topological polar surface area (TPSA) is 89.4 Å². The third-order valence-corrected chi connectivity index (χ3v) is 4.58. The molecule has 30 heavy (non-hydrogen) atoms. The van der Waals surface area contributed by atoms with Crippen molar-refractivity contribution in [1.82, 2.24) is 9.88 Å². The monoisotopic (exact) mass is 405 g/mol. The Morgan fingerprint density at radius 1 is 0.933 bits per heavy atom. The van der Waals surface area contributed by atoms with Crippen LogP contribution in [0, 0.1) is 6.92 Å². The zero-order valence-electron chi connectivity index (χ0n) is 16.8. The molecule has 0 radical (unpaired) electrons. The van der Waals surface area contributed by atoms with Crippen LogP contribution in [0.3, 0.4) is 0 Å². The second-order valence-corrected chi connectivity index (χ2v) is 6.66. The molecule has 154 valence electrons. The van der Waals surface area contributed by atoms with Gasteiger partial charge in [-0.3, -0.25) is 19.0 Å². The fourth-order valence-corrected chi connectivity index (χ4v) is 2.96. The number of nitrogens with zero attached hydrogens (tertiary/aromatic N) is 1. The van der Waals surface area contributed by atoms with Crippen LogP contribution in [0.5, 0.6) is 0 Å². The molecular weight excluding hydrogens is 382 g/mol. The Hall–Kier alpha value is -3.71. The lowest BCUT2D eigenvalue weighted by Gasteiger charge is -2.11. The van der Waals surface area contributed by atoms with Crippen molar-refractivity contribution in [3.63, 3.8) is 0 Å². The standard InChI is InChI=1S/C23H23N3O4/c1-16-6-3-4-7-19(16)22(28)25-17-9-11-18(12-10-17)26-14-5-8-20(23(26)29)21(27)24-13-15-30-2/h3-12,14H,13,15H2,1-2H3,(H,24,27)(H,25,28). The van der Waals surface area contributed by atoms with Gasteiger partial charge in [0, 0.05) is 36.8 Å². The van der Waals surface area contributed by atoms with Crippen LogP contribution < -0.4 is 16.2 Å². The highest BCUT2D eigenvalue weighted by Crippen LogP contribution is 2.15. The molecule has 0 fully saturated rings. The third kappa shape index (κ3) is 4.82. The summed E-state index contributed by atoms with van der Waals surface area (Å²) in [5.41, 5.74) is 2.30. The number of aromatic nitrogens is 1. The number of rotatable bonds is 7. The Labute approximate surface area is 174 Å². The van der Waals surface area contributed by atoms with E-state index in [1.807, 2.05) is 25.1 Å². The number of methoxy groups -OCH3 is 1. The van der Waals surface area contributed by atoms with Gasteiger partial charge in [-0.2, -0.15) is 0 Å². The second-order valence-electron chi connectivity index (χ2n) is 6.66. The predicted molar refractivity (Wildman–Crippen MR) is 115 cm³/mol. The number of carbonyl (C=O) groups is 2. The van der Waals surface area contributed by atoms with E-state index in [0.29, 0.717) is 30.1 Å². The van der Waals surface area contributed by atoms with Gasteiger partial charge in [0.1, 0.15) is 5.56 Å². The molecule has 1 heterocycles. The molecule has 0 aliphatic carbocycles. The molecule has 2 amide bonds. The summed E-state index contributed by atoms with van der Waals surface area (Å²) in [7, 11) is 1.54. The van der Waals surface area contributed by atoms with Crippen molar-refractivity contribution in [2.75, 3.05) is 25.6 Å². The first kappa shape index (κ1) is 21.0. The molecule has 0 aliphatic heterocycles. The largest absolute Gasteiger partial charge is 0.383 e. The van der Waals surface area contributed by atoms with Crippen LogP contribution in [0.2, 0.25) is 0 Å². The highest BCUT2D eigenvalue weighted by atomic mass is 16.5. The molecule has 7 heteroatoms. The van der Waals surface area contributed by atoms with E-state index in [4.69, 9.17) is 4.74 Å². The summed E-state index contributed by atoms with van der Waals surface area (Å²) in [6, 6.07) is 17.3. The summed E-state index contributed by atoms with van der Waals surface area (Å²) in [6.45, 7) is 2.56. The van der Waals surface area contributed by atoms with E-state index < -0.39 is 11.5 Å². The van der Waals surface area contributed by atoms with E-state index in [-0.39, 0.29) is 11.5 Å². The van der Waals surface area contributed by atoms with E-state index in [2.05, 4.69) is 10.6 Å². The number of pyridine rings is 1. The van der Waals surface area contributed by atoms with E-state index >= 15 is 0 Å². The lowest BCUT2D eigenvalue weighted by molar-refractivity contribution is 0.0934. The van der Waals surface area contributed by atoms with Crippen LogP contribution in [0.4, 0.5) is 5.69 Å². The van der Waals surface area contributed by atoms with Crippen molar-refractivity contribution in [2.45, 2.75) is 6.92 Å². The van der Waals surface area contributed by atoms with Gasteiger partial charge in [-0.05, 0) is 55.0 Å². The third-order valence-electron chi connectivity index (χ3n) is 4.58. The predicted octanol–water partition coefficient (Wildman–Crippen LogP) is 2.77. The van der Waals surface area contributed by atoms with Crippen LogP contribution in [-0.2, 0) is 4.74 Å². The maximum absolute atomic E-state index is 12.7. The summed E-state index contributed by atoms with van der Waals surface area (Å²) in [6.07, 6.45) is 1.59. The first-order valence-electron chi connectivity index (χ1n) is 9.47. The molecule has 0 unspecified atom stereocenters. The van der Waals surface area contributed by atoms with Gasteiger partial charge in [-0.25, -0.2) is 0 Å². The molecule has 2 aromatic carbocycles. The Morgan fingerprint density at radius 3 is 2.33 bits per heavy atom. The lowest BCUT2D eigenvalue weighted by Crippen LogP contribution is -2.33. The fraction of sp³-hybridized carbons (Fsp3) is 0.174. The van der Waals surface area contributed by atoms with Crippen molar-refractivity contribution < 1.29 is 14.3 Å². The van der Waals surface area contributed by atoms with Gasteiger partial charge in [0.25, 0.3) is 17.4 Å². The number of nitrogens with one attached hydrogen (secondary N) is 2. The van der Waals surface area contributed by atoms with Crippen LogP contribution >= 0.6 is 0 Å². The van der Waals surface area contributed by atoms with Gasteiger partial charge in [-0.1, -0.05) is 18.2 Å². The molecule has 2 N–H and O–H groups in total. The van der Waals surface area contributed by atoms with Crippen molar-refractivity contribution in [1.29, 1.82) is 0 Å². The minimum Gasteiger partial charge on any atom is -0.383 e. The minimum absolute atomic E-state index is 0.0468. The minimum atomic E-state index is -0.450. The van der Waals surface area contributed by atoms with Crippen LogP contribution in [0.1, 0.15) is 26.3 Å². The Balaban J connectivity index is 1.77. The summed E-state index contributed by atoms with van der Waals surface area (Å²) in [4.78, 5) is 37.4. The van der Waals surface area contributed by atoms with E-state index in [9.17, 15) is 14.4 Å². The number of hydrogen-bond donors (Lipinski definition) is 2. The van der Waals surface area contributed by atoms with E-state index in [0.717, 1.165) is 5.56 Å². The SMILES string of the molecule is COCCNC(=O)c1cccn(-c2ccc(NC(=O)c3ccccc3C)cc2)c1=O. The summed E-state index contributed by atoms with van der Waals surface area (Å²) in [5.74, 6) is -0.652. The van der Waals surface area contributed by atoms with Crippen molar-refractivity contribution in [3.05, 3.63) is 93.9 Å². The molecule has 0 bridgehead atoms. The zero-order valence-corrected chi connectivity index (χ0v) is 16.8. The molecule has 1 aromatic heterocycles. The van der Waals surface area contributed by atoms with Crippen molar-refractivity contribution in [2.24, 2.45) is 0 Å². The van der Waals surface area contributed by atoms with Gasteiger partial charge in [0.15, 0.2) is 0 Å². The Morgan fingerprint density at radius 2 is 1.63 bits per heavy atom. The molecule has 0 spiro atoms. The normalized spacial score (nSPS) is 10.5. The summed E-state index contributed by atoms with van der Waals surface area (Å²) < 4.78 is 6.28. The lowest BCUT2D eigenvalue weighted by atomic mass is 10.1. The maximum Gasteiger partial charge on any atom is 0.267 e. The number of benzene rings is 2. The highest BCUT2D eigenvalue weighted by molar-refractivity contribution is 6.05. The first-order chi connectivity index (χ1) is 14.5. The van der Waals surface area contributed by atoms with E-state index in [1.165, 1.54) is 17.7 Å². The molecule has 0 aliphatic rings. The Bertz CT molecular complexity index is 1100. The van der Waals surface area contributed by atoms with Gasteiger partial charge in [-0.15, -0.1) is 0 Å². The molecule has 0 atom stereocenters. The average molecular weight is 405 g/mol. The van der Waals surface area contributed by atoms with Gasteiger partial charge < -0.3 is 15.4 Å². The van der Waals surface area contributed by atoms with Gasteiger partial charge >= 0.3 is 0 Å². The van der Waals surface area contributed by atoms with Crippen LogP contribution in [-0.4, -0.2) is 36.6 Å². The average Bonchev–Trinajstić information content (AvgIpc) is 2.75. The van der Waals surface area contributed by atoms with E-state index in [1.54, 1.807) is 42.6 Å². The van der Waals surface area contributed by atoms with Crippen molar-refractivity contribution >= 4 is 17.5 Å². The fourth-order valence-electron chi connectivity index (χ4n) is 2.96. The maximum atomic E-state index is 12.7. The molecular formula is C23H23N3O4. The molecule has 3 rings (SSSR count). The number of ether oxygens (including phenoxy) is 1. The summed E-state index contributed by atoms with van der Waals surface area (Å²) >= 11 is 0. The number of hydrogen-bond acceptors (Lipinski definition) is 4. The van der Waals surface area contributed by atoms with Crippen LogP contribution in [0.15, 0.2) is 71.7 Å². The summed E-state index contributed by atoms with van der Waals surface area (Å²) in [5, 5.41) is 5.49. The number of amides is 2. The van der Waals surface area contributed by atoms with Gasteiger partial charge in [0.05, 0.1) is 6.61 Å². The smallest absolute Gasteiger partial charge is 0.267 e. The quantitative estimate of drug-likeness (QED) is 0.592. The Kier molecular flexibility index (Phi) is 6.77. The number of aryl methyl sites for hydroxylation is 1. The molecule has 7 nitrogen and oxygen atoms in total. The first-order valence-corrected chi connectivity index (χ1v) is 9.47. The van der Waals surface area contributed by atoms with Gasteiger partial charge in [0.2, 0.25) is 0 Å². The molecule has 3 aromatic rings. The zero-order chi connectivity index (χ0) is 21.5. The highest BCUT2D eigenvalue weighted by Gasteiger charge is 2.13. The molecule has 0 saturated heterocycles. The number of anilines is 1. The molecule has 0 saturated carbocycles. The van der Waals surface area contributed by atoms with Crippen LogP contribution in [0.25, 0.3) is 5.69 Å². The second kappa shape index (κ2) is 9.67.